The van der Waals surface area contributed by atoms with Crippen LogP contribution in [0.1, 0.15) is 25.3 Å². The summed E-state index contributed by atoms with van der Waals surface area (Å²) in [7, 11) is 1.64. The van der Waals surface area contributed by atoms with Crippen molar-refractivity contribution in [2.75, 3.05) is 26.8 Å². The van der Waals surface area contributed by atoms with Crippen LogP contribution >= 0.6 is 0 Å². The van der Waals surface area contributed by atoms with Gasteiger partial charge in [0.15, 0.2) is 5.96 Å². The molecule has 0 unspecified atom stereocenters. The Bertz CT molecular complexity index is 453. The second-order valence-electron chi connectivity index (χ2n) is 4.49. The fourth-order valence-corrected chi connectivity index (χ4v) is 1.76. The number of halogens is 2. The van der Waals surface area contributed by atoms with E-state index in [-0.39, 0.29) is 12.1 Å². The van der Waals surface area contributed by atoms with Gasteiger partial charge in [0.2, 0.25) is 0 Å². The number of ether oxygens (including phenoxy) is 1. The van der Waals surface area contributed by atoms with Crippen LogP contribution < -0.4 is 10.6 Å². The summed E-state index contributed by atoms with van der Waals surface area (Å²) in [5.41, 5.74) is 0.272. The molecule has 0 saturated carbocycles. The second-order valence-corrected chi connectivity index (χ2v) is 4.49. The van der Waals surface area contributed by atoms with E-state index in [1.165, 1.54) is 6.07 Å². The van der Waals surface area contributed by atoms with Gasteiger partial charge in [-0.15, -0.1) is 0 Å². The van der Waals surface area contributed by atoms with Crippen LogP contribution in [0.2, 0.25) is 0 Å². The highest BCUT2D eigenvalue weighted by Gasteiger charge is 2.05. The van der Waals surface area contributed by atoms with Gasteiger partial charge >= 0.3 is 0 Å². The molecule has 0 bridgehead atoms. The SMILES string of the molecule is CCOCCCCNC(=NC)NCc1cc(F)ccc1F. The average molecular weight is 299 g/mol. The van der Waals surface area contributed by atoms with Gasteiger partial charge < -0.3 is 15.4 Å². The maximum atomic E-state index is 13.5. The Morgan fingerprint density at radius 3 is 2.76 bits per heavy atom. The van der Waals surface area contributed by atoms with Gasteiger partial charge in [-0.1, -0.05) is 0 Å². The summed E-state index contributed by atoms with van der Waals surface area (Å²) >= 11 is 0. The standard InChI is InChI=1S/C15H23F2N3O/c1-3-21-9-5-4-8-19-15(18-2)20-11-12-10-13(16)6-7-14(12)17/h6-7,10H,3-5,8-9,11H2,1-2H3,(H2,18,19,20). The summed E-state index contributed by atoms with van der Waals surface area (Å²) in [5.74, 6) is -0.321. The van der Waals surface area contributed by atoms with Gasteiger partial charge in [-0.05, 0) is 38.0 Å². The van der Waals surface area contributed by atoms with Crippen molar-refractivity contribution < 1.29 is 13.5 Å². The van der Waals surface area contributed by atoms with Crippen LogP contribution in [0.15, 0.2) is 23.2 Å². The molecule has 1 rings (SSSR count). The topological polar surface area (TPSA) is 45.6 Å². The Labute approximate surface area is 124 Å². The van der Waals surface area contributed by atoms with Crippen LogP contribution in [0.3, 0.4) is 0 Å². The molecule has 2 N–H and O–H groups in total. The number of rotatable bonds is 8. The van der Waals surface area contributed by atoms with Crippen LogP contribution in [0.25, 0.3) is 0 Å². The Hall–Kier alpha value is -1.69. The first kappa shape index (κ1) is 17.4. The number of aliphatic imine (C=N–C) groups is 1. The smallest absolute Gasteiger partial charge is 0.191 e. The maximum absolute atomic E-state index is 13.5. The molecule has 1 aromatic rings. The lowest BCUT2D eigenvalue weighted by Crippen LogP contribution is -2.37. The Morgan fingerprint density at radius 1 is 1.24 bits per heavy atom. The first-order chi connectivity index (χ1) is 10.2. The second kappa shape index (κ2) is 10.1. The third-order valence-corrected chi connectivity index (χ3v) is 2.89. The molecular weight excluding hydrogens is 276 g/mol. The lowest BCUT2D eigenvalue weighted by atomic mass is 10.2. The van der Waals surface area contributed by atoms with E-state index in [1.807, 2.05) is 6.92 Å². The van der Waals surface area contributed by atoms with Crippen molar-refractivity contribution in [3.05, 3.63) is 35.4 Å². The minimum absolute atomic E-state index is 0.183. The lowest BCUT2D eigenvalue weighted by molar-refractivity contribution is 0.143. The number of nitrogens with one attached hydrogen (secondary N) is 2. The molecule has 6 heteroatoms. The largest absolute Gasteiger partial charge is 0.382 e. The van der Waals surface area contributed by atoms with Crippen molar-refractivity contribution in [1.82, 2.24) is 10.6 Å². The van der Waals surface area contributed by atoms with Gasteiger partial charge in [-0.2, -0.15) is 0 Å². The van der Waals surface area contributed by atoms with Crippen LogP contribution in [0, 0.1) is 11.6 Å². The van der Waals surface area contributed by atoms with Gasteiger partial charge in [-0.3, -0.25) is 4.99 Å². The zero-order chi connectivity index (χ0) is 15.5. The third-order valence-electron chi connectivity index (χ3n) is 2.89. The van der Waals surface area contributed by atoms with Crippen LogP contribution in [-0.4, -0.2) is 32.8 Å². The number of guanidine groups is 1. The average Bonchev–Trinajstić information content (AvgIpc) is 2.49. The van der Waals surface area contributed by atoms with E-state index in [0.29, 0.717) is 5.96 Å². The molecule has 0 atom stereocenters. The highest BCUT2D eigenvalue weighted by atomic mass is 19.1. The molecule has 0 aromatic heterocycles. The lowest BCUT2D eigenvalue weighted by Gasteiger charge is -2.12. The molecule has 0 aliphatic rings. The number of hydrogen-bond donors (Lipinski definition) is 2. The molecule has 0 amide bonds. The van der Waals surface area contributed by atoms with Crippen molar-refractivity contribution in [3.63, 3.8) is 0 Å². The van der Waals surface area contributed by atoms with Crippen LogP contribution in [0.4, 0.5) is 8.78 Å². The van der Waals surface area contributed by atoms with Crippen molar-refractivity contribution in [2.24, 2.45) is 4.99 Å². The third kappa shape index (κ3) is 7.04. The summed E-state index contributed by atoms with van der Waals surface area (Å²) in [4.78, 5) is 4.04. The first-order valence-electron chi connectivity index (χ1n) is 7.13. The molecule has 1 aromatic carbocycles. The van der Waals surface area contributed by atoms with Crippen LogP contribution in [0.5, 0.6) is 0 Å². The summed E-state index contributed by atoms with van der Waals surface area (Å²) < 4.78 is 31.8. The zero-order valence-corrected chi connectivity index (χ0v) is 12.6. The summed E-state index contributed by atoms with van der Waals surface area (Å²) in [6.07, 6.45) is 1.92. The van der Waals surface area contributed by atoms with E-state index in [2.05, 4.69) is 15.6 Å². The van der Waals surface area contributed by atoms with E-state index < -0.39 is 11.6 Å². The number of nitrogens with zero attached hydrogens (tertiary/aromatic N) is 1. The molecule has 0 aliphatic heterocycles. The molecule has 0 spiro atoms. The normalized spacial score (nSPS) is 11.5. The summed E-state index contributed by atoms with van der Waals surface area (Å²) in [6.45, 7) is 4.38. The molecule has 0 saturated heterocycles. The van der Waals surface area contributed by atoms with E-state index >= 15 is 0 Å². The van der Waals surface area contributed by atoms with Gasteiger partial charge in [0, 0.05) is 38.9 Å². The fraction of sp³-hybridized carbons (Fsp3) is 0.533. The molecule has 0 fully saturated rings. The highest BCUT2D eigenvalue weighted by Crippen LogP contribution is 2.08. The molecule has 118 valence electrons. The van der Waals surface area contributed by atoms with E-state index in [1.54, 1.807) is 7.05 Å². The molecule has 0 aliphatic carbocycles. The van der Waals surface area contributed by atoms with E-state index in [0.717, 1.165) is 44.7 Å². The number of benzene rings is 1. The molecule has 0 heterocycles. The van der Waals surface area contributed by atoms with Crippen molar-refractivity contribution in [3.8, 4) is 0 Å². The molecule has 0 radical (unpaired) electrons. The van der Waals surface area contributed by atoms with Gasteiger partial charge in [0.25, 0.3) is 0 Å². The minimum atomic E-state index is -0.452. The molecular formula is C15H23F2N3O. The fourth-order valence-electron chi connectivity index (χ4n) is 1.76. The predicted octanol–water partition coefficient (Wildman–Crippen LogP) is 2.45. The monoisotopic (exact) mass is 299 g/mol. The van der Waals surface area contributed by atoms with Gasteiger partial charge in [0.05, 0.1) is 0 Å². The first-order valence-corrected chi connectivity index (χ1v) is 7.13. The minimum Gasteiger partial charge on any atom is -0.382 e. The van der Waals surface area contributed by atoms with E-state index in [4.69, 9.17) is 4.74 Å². The van der Waals surface area contributed by atoms with Crippen molar-refractivity contribution >= 4 is 5.96 Å². The quantitative estimate of drug-likeness (QED) is 0.440. The predicted molar refractivity (Wildman–Crippen MR) is 80.3 cm³/mol. The van der Waals surface area contributed by atoms with Gasteiger partial charge in [-0.25, -0.2) is 8.78 Å². The van der Waals surface area contributed by atoms with Crippen LogP contribution in [-0.2, 0) is 11.3 Å². The highest BCUT2D eigenvalue weighted by molar-refractivity contribution is 5.79. The molecule has 4 nitrogen and oxygen atoms in total. The summed E-state index contributed by atoms with van der Waals surface area (Å²) in [5, 5.41) is 6.07. The molecule has 21 heavy (non-hydrogen) atoms. The Kier molecular flexibility index (Phi) is 8.35. The van der Waals surface area contributed by atoms with E-state index in [9.17, 15) is 8.78 Å². The zero-order valence-electron chi connectivity index (χ0n) is 12.6. The maximum Gasteiger partial charge on any atom is 0.191 e. The summed E-state index contributed by atoms with van der Waals surface area (Å²) in [6, 6.07) is 3.40. The Balaban J connectivity index is 2.30. The Morgan fingerprint density at radius 2 is 2.05 bits per heavy atom. The van der Waals surface area contributed by atoms with Crippen molar-refractivity contribution in [1.29, 1.82) is 0 Å². The van der Waals surface area contributed by atoms with Crippen molar-refractivity contribution in [2.45, 2.75) is 26.3 Å². The number of unbranched alkanes of at least 4 members (excludes halogenated alkanes) is 1. The number of hydrogen-bond acceptors (Lipinski definition) is 2. The van der Waals surface area contributed by atoms with Gasteiger partial charge in [0.1, 0.15) is 11.6 Å².